The number of aryl methyl sites for hydroxylation is 1. The van der Waals surface area contributed by atoms with Gasteiger partial charge in [-0.3, -0.25) is 4.90 Å². The number of hydrogen-bond acceptors (Lipinski definition) is 5. The van der Waals surface area contributed by atoms with Gasteiger partial charge in [0.1, 0.15) is 11.5 Å². The van der Waals surface area contributed by atoms with E-state index in [1.165, 1.54) is 0 Å². The van der Waals surface area contributed by atoms with Crippen LogP contribution in [0.1, 0.15) is 11.5 Å². The number of benzene rings is 1. The number of aromatic nitrogens is 1. The highest BCUT2D eigenvalue weighted by Gasteiger charge is 2.20. The number of nitrogens with one attached hydrogen (secondary N) is 1. The van der Waals surface area contributed by atoms with E-state index in [2.05, 4.69) is 20.3 Å². The Hall–Kier alpha value is -2.12. The molecule has 3 rings (SSSR count). The molecule has 2 aromatic rings. The highest BCUT2D eigenvalue weighted by Crippen LogP contribution is 2.16. The number of hydrogen-bond donors (Lipinski definition) is 1. The first-order chi connectivity index (χ1) is 11.6. The Labute approximate surface area is 147 Å². The molecular formula is C17H22N4O2S. The number of anilines is 1. The Morgan fingerprint density at radius 1 is 1.25 bits per heavy atom. The highest BCUT2D eigenvalue weighted by molar-refractivity contribution is 7.80. The predicted molar refractivity (Wildman–Crippen MR) is 97.3 cm³/mol. The van der Waals surface area contributed by atoms with E-state index in [0.29, 0.717) is 0 Å². The zero-order valence-corrected chi connectivity index (χ0v) is 14.8. The smallest absolute Gasteiger partial charge is 0.173 e. The molecule has 0 amide bonds. The average molecular weight is 346 g/mol. The van der Waals surface area contributed by atoms with E-state index in [1.54, 1.807) is 7.11 Å². The lowest BCUT2D eigenvalue weighted by Crippen LogP contribution is -2.49. The summed E-state index contributed by atoms with van der Waals surface area (Å²) in [7, 11) is 1.66. The van der Waals surface area contributed by atoms with E-state index >= 15 is 0 Å². The van der Waals surface area contributed by atoms with Gasteiger partial charge in [-0.15, -0.1) is 0 Å². The fraction of sp³-hybridized carbons (Fsp3) is 0.412. The van der Waals surface area contributed by atoms with Crippen molar-refractivity contribution in [1.29, 1.82) is 0 Å². The van der Waals surface area contributed by atoms with Gasteiger partial charge in [0.05, 0.1) is 12.8 Å². The summed E-state index contributed by atoms with van der Waals surface area (Å²) < 4.78 is 10.3. The van der Waals surface area contributed by atoms with Crippen LogP contribution in [-0.4, -0.2) is 53.4 Å². The lowest BCUT2D eigenvalue weighted by atomic mass is 10.3. The number of methoxy groups -OCH3 is 1. The van der Waals surface area contributed by atoms with Crippen LogP contribution in [-0.2, 0) is 6.54 Å². The molecule has 128 valence electrons. The van der Waals surface area contributed by atoms with Crippen LogP contribution < -0.4 is 10.1 Å². The number of rotatable bonds is 4. The molecule has 1 fully saturated rings. The van der Waals surface area contributed by atoms with E-state index in [4.69, 9.17) is 21.5 Å². The Morgan fingerprint density at radius 2 is 1.96 bits per heavy atom. The fourth-order valence-corrected chi connectivity index (χ4v) is 3.01. The third-order valence-corrected chi connectivity index (χ3v) is 4.42. The van der Waals surface area contributed by atoms with Crippen molar-refractivity contribution in [2.24, 2.45) is 0 Å². The topological polar surface area (TPSA) is 53.8 Å². The number of piperazine rings is 1. The van der Waals surface area contributed by atoms with E-state index in [1.807, 2.05) is 37.3 Å². The largest absolute Gasteiger partial charge is 0.497 e. The first kappa shape index (κ1) is 16.7. The first-order valence-corrected chi connectivity index (χ1v) is 8.39. The minimum atomic E-state index is 0.761. The second kappa shape index (κ2) is 7.63. The van der Waals surface area contributed by atoms with Crippen molar-refractivity contribution in [1.82, 2.24) is 15.0 Å². The predicted octanol–water partition coefficient (Wildman–Crippen LogP) is 2.51. The van der Waals surface area contributed by atoms with Crippen LogP contribution in [0.2, 0.25) is 0 Å². The molecular weight excluding hydrogens is 324 g/mol. The van der Waals surface area contributed by atoms with Crippen molar-refractivity contribution in [3.63, 3.8) is 0 Å². The molecule has 7 heteroatoms. The Balaban J connectivity index is 1.47. The summed E-state index contributed by atoms with van der Waals surface area (Å²) in [6, 6.07) is 9.76. The van der Waals surface area contributed by atoms with Gasteiger partial charge < -0.3 is 19.5 Å². The second-order valence-electron chi connectivity index (χ2n) is 5.85. The molecule has 0 aliphatic carbocycles. The van der Waals surface area contributed by atoms with E-state index in [-0.39, 0.29) is 0 Å². The van der Waals surface area contributed by atoms with Gasteiger partial charge in [-0.05, 0) is 43.4 Å². The molecule has 1 saturated heterocycles. The zero-order chi connectivity index (χ0) is 16.9. The van der Waals surface area contributed by atoms with E-state index < -0.39 is 0 Å². The number of thiocarbonyl (C=S) groups is 1. The van der Waals surface area contributed by atoms with Crippen LogP contribution in [0.25, 0.3) is 0 Å². The highest BCUT2D eigenvalue weighted by atomic mass is 32.1. The Bertz CT molecular complexity index is 678. The quantitative estimate of drug-likeness (QED) is 0.854. The molecule has 6 nitrogen and oxygen atoms in total. The van der Waals surface area contributed by atoms with Crippen LogP contribution in [0.3, 0.4) is 0 Å². The molecule has 1 aromatic heterocycles. The van der Waals surface area contributed by atoms with Crippen molar-refractivity contribution in [2.45, 2.75) is 13.5 Å². The monoisotopic (exact) mass is 346 g/mol. The van der Waals surface area contributed by atoms with Gasteiger partial charge in [-0.1, -0.05) is 5.16 Å². The molecule has 0 bridgehead atoms. The molecule has 2 heterocycles. The van der Waals surface area contributed by atoms with Gasteiger partial charge in [-0.2, -0.15) is 0 Å². The zero-order valence-electron chi connectivity index (χ0n) is 14.0. The number of ether oxygens (including phenoxy) is 1. The minimum Gasteiger partial charge on any atom is -0.497 e. The molecule has 0 spiro atoms. The van der Waals surface area contributed by atoms with Crippen LogP contribution in [0.4, 0.5) is 5.69 Å². The van der Waals surface area contributed by atoms with Crippen LogP contribution in [0.5, 0.6) is 5.75 Å². The summed E-state index contributed by atoms with van der Waals surface area (Å²) in [5.74, 6) is 1.69. The molecule has 0 saturated carbocycles. The molecule has 24 heavy (non-hydrogen) atoms. The van der Waals surface area contributed by atoms with Gasteiger partial charge in [-0.25, -0.2) is 0 Å². The summed E-state index contributed by atoms with van der Waals surface area (Å²) in [5, 5.41) is 8.10. The van der Waals surface area contributed by atoms with E-state index in [0.717, 1.165) is 60.7 Å². The van der Waals surface area contributed by atoms with Crippen molar-refractivity contribution in [3.05, 3.63) is 41.8 Å². The molecule has 1 aliphatic heterocycles. The van der Waals surface area contributed by atoms with Crippen LogP contribution in [0, 0.1) is 6.92 Å². The van der Waals surface area contributed by atoms with Crippen LogP contribution in [0.15, 0.2) is 34.9 Å². The lowest BCUT2D eigenvalue weighted by Gasteiger charge is -2.35. The summed E-state index contributed by atoms with van der Waals surface area (Å²) in [5.41, 5.74) is 1.96. The summed E-state index contributed by atoms with van der Waals surface area (Å²) >= 11 is 5.53. The third-order valence-electron chi connectivity index (χ3n) is 4.06. The normalized spacial score (nSPS) is 15.3. The average Bonchev–Trinajstić information content (AvgIpc) is 3.01. The lowest BCUT2D eigenvalue weighted by molar-refractivity contribution is 0.173. The van der Waals surface area contributed by atoms with Crippen molar-refractivity contribution in [2.75, 3.05) is 38.6 Å². The molecule has 1 aliphatic rings. The molecule has 0 radical (unpaired) electrons. The molecule has 0 atom stereocenters. The summed E-state index contributed by atoms with van der Waals surface area (Å²) in [4.78, 5) is 4.56. The number of nitrogens with zero attached hydrogens (tertiary/aromatic N) is 3. The van der Waals surface area contributed by atoms with Crippen molar-refractivity contribution < 1.29 is 9.26 Å². The van der Waals surface area contributed by atoms with Gasteiger partial charge in [0.15, 0.2) is 5.11 Å². The van der Waals surface area contributed by atoms with Gasteiger partial charge in [0, 0.05) is 44.5 Å². The molecule has 1 N–H and O–H groups in total. The van der Waals surface area contributed by atoms with Gasteiger partial charge in [0.2, 0.25) is 0 Å². The molecule has 1 aromatic carbocycles. The van der Waals surface area contributed by atoms with Gasteiger partial charge >= 0.3 is 0 Å². The van der Waals surface area contributed by atoms with Gasteiger partial charge in [0.25, 0.3) is 0 Å². The summed E-state index contributed by atoms with van der Waals surface area (Å²) in [6.45, 7) is 6.45. The minimum absolute atomic E-state index is 0.761. The van der Waals surface area contributed by atoms with E-state index in [9.17, 15) is 0 Å². The fourth-order valence-electron chi connectivity index (χ4n) is 2.71. The third kappa shape index (κ3) is 4.24. The second-order valence-corrected chi connectivity index (χ2v) is 6.24. The Kier molecular flexibility index (Phi) is 5.32. The molecule has 0 unspecified atom stereocenters. The maximum absolute atomic E-state index is 5.53. The Morgan fingerprint density at radius 3 is 2.54 bits per heavy atom. The maximum atomic E-state index is 5.53. The summed E-state index contributed by atoms with van der Waals surface area (Å²) in [6.07, 6.45) is 0. The van der Waals surface area contributed by atoms with Crippen molar-refractivity contribution >= 4 is 23.0 Å². The SMILES string of the molecule is COc1ccc(NC(=S)N2CCN(Cc3cc(C)on3)CC2)cc1. The van der Waals surface area contributed by atoms with Crippen LogP contribution >= 0.6 is 12.2 Å². The standard InChI is InChI=1S/C17H22N4O2S/c1-13-11-15(19-23-13)12-20-7-9-21(10-8-20)17(24)18-14-3-5-16(22-2)6-4-14/h3-6,11H,7-10,12H2,1-2H3,(H,18,24). The first-order valence-electron chi connectivity index (χ1n) is 7.98. The maximum Gasteiger partial charge on any atom is 0.173 e. The van der Waals surface area contributed by atoms with Crippen molar-refractivity contribution in [3.8, 4) is 5.75 Å².